The van der Waals surface area contributed by atoms with Crippen molar-refractivity contribution >= 4 is 5.91 Å². The third kappa shape index (κ3) is 4.81. The van der Waals surface area contributed by atoms with Crippen molar-refractivity contribution in [3.05, 3.63) is 35.9 Å². The van der Waals surface area contributed by atoms with E-state index in [9.17, 15) is 9.90 Å². The van der Waals surface area contributed by atoms with Gasteiger partial charge in [0.25, 0.3) is 0 Å². The van der Waals surface area contributed by atoms with Crippen LogP contribution in [0.15, 0.2) is 30.3 Å². The first-order valence-corrected chi connectivity index (χ1v) is 7.44. The van der Waals surface area contributed by atoms with Crippen LogP contribution in [-0.4, -0.2) is 67.2 Å². The van der Waals surface area contributed by atoms with Crippen LogP contribution in [0.3, 0.4) is 0 Å². The Kier molecular flexibility index (Phi) is 5.73. The number of aliphatic hydroxyl groups excluding tert-OH is 1. The number of carbonyl (C=O) groups excluding carboxylic acids is 1. The molecule has 116 valence electrons. The van der Waals surface area contributed by atoms with Gasteiger partial charge in [-0.3, -0.25) is 9.69 Å². The van der Waals surface area contributed by atoms with Crippen molar-refractivity contribution in [1.82, 2.24) is 15.1 Å². The van der Waals surface area contributed by atoms with Crippen LogP contribution in [0, 0.1) is 0 Å². The molecule has 0 spiro atoms. The lowest BCUT2D eigenvalue weighted by Crippen LogP contribution is -2.40. The summed E-state index contributed by atoms with van der Waals surface area (Å²) in [5, 5.41) is 12.5. The molecule has 1 saturated heterocycles. The van der Waals surface area contributed by atoms with Crippen LogP contribution < -0.4 is 5.32 Å². The summed E-state index contributed by atoms with van der Waals surface area (Å²) in [6, 6.07) is 10.3. The molecule has 1 heterocycles. The number of hydrogen-bond acceptors (Lipinski definition) is 4. The van der Waals surface area contributed by atoms with Gasteiger partial charge < -0.3 is 15.3 Å². The molecule has 1 amide bonds. The van der Waals surface area contributed by atoms with Crippen LogP contribution in [0.5, 0.6) is 0 Å². The summed E-state index contributed by atoms with van der Waals surface area (Å²) >= 11 is 0. The average molecular weight is 291 g/mol. The van der Waals surface area contributed by atoms with E-state index in [2.05, 4.69) is 22.3 Å². The minimum Gasteiger partial charge on any atom is -0.392 e. The van der Waals surface area contributed by atoms with E-state index in [1.165, 1.54) is 5.56 Å². The van der Waals surface area contributed by atoms with Crippen molar-refractivity contribution in [2.75, 3.05) is 40.3 Å². The van der Waals surface area contributed by atoms with Gasteiger partial charge in [0.2, 0.25) is 5.91 Å². The topological polar surface area (TPSA) is 55.8 Å². The smallest absolute Gasteiger partial charge is 0.234 e. The fourth-order valence-corrected chi connectivity index (χ4v) is 2.70. The normalized spacial score (nSPS) is 20.7. The van der Waals surface area contributed by atoms with Gasteiger partial charge in [-0.15, -0.1) is 0 Å². The van der Waals surface area contributed by atoms with Crippen LogP contribution in [0.2, 0.25) is 0 Å². The van der Waals surface area contributed by atoms with Gasteiger partial charge in [0, 0.05) is 19.6 Å². The number of rotatable bonds is 6. The molecule has 1 fully saturated rings. The number of aliphatic hydroxyl groups is 1. The maximum Gasteiger partial charge on any atom is 0.234 e. The summed E-state index contributed by atoms with van der Waals surface area (Å²) < 4.78 is 0. The molecule has 1 aliphatic heterocycles. The van der Waals surface area contributed by atoms with Crippen LogP contribution in [0.4, 0.5) is 0 Å². The fraction of sp³-hybridized carbons (Fsp3) is 0.562. The van der Waals surface area contributed by atoms with Gasteiger partial charge in [-0.05, 0) is 26.1 Å². The highest BCUT2D eigenvalue weighted by Gasteiger charge is 2.22. The number of likely N-dealkylation sites (N-methyl/N-ethyl adjacent to an activating group) is 1. The lowest BCUT2D eigenvalue weighted by Gasteiger charge is -2.25. The first kappa shape index (κ1) is 15.9. The summed E-state index contributed by atoms with van der Waals surface area (Å²) in [7, 11) is 4.03. The molecule has 2 atom stereocenters. The lowest BCUT2D eigenvalue weighted by molar-refractivity contribution is -0.122. The second-order valence-corrected chi connectivity index (χ2v) is 5.87. The minimum absolute atomic E-state index is 0.0203. The lowest BCUT2D eigenvalue weighted by atomic mass is 10.1. The number of likely N-dealkylation sites (tertiary alicyclic amines) is 1. The molecule has 0 bridgehead atoms. The zero-order valence-electron chi connectivity index (χ0n) is 12.8. The van der Waals surface area contributed by atoms with Crippen molar-refractivity contribution in [2.24, 2.45) is 0 Å². The van der Waals surface area contributed by atoms with Crippen LogP contribution in [-0.2, 0) is 4.79 Å². The number of amides is 1. The Morgan fingerprint density at radius 1 is 1.43 bits per heavy atom. The predicted molar refractivity (Wildman–Crippen MR) is 82.9 cm³/mol. The summed E-state index contributed by atoms with van der Waals surface area (Å²) in [6.07, 6.45) is 0.481. The Bertz CT molecular complexity index is 450. The predicted octanol–water partition coefficient (Wildman–Crippen LogP) is 0.472. The number of carbonyl (C=O) groups is 1. The fourth-order valence-electron chi connectivity index (χ4n) is 2.70. The maximum atomic E-state index is 12.0. The van der Waals surface area contributed by atoms with Crippen LogP contribution in [0.1, 0.15) is 18.0 Å². The Morgan fingerprint density at radius 2 is 2.14 bits per heavy atom. The van der Waals surface area contributed by atoms with Crippen molar-refractivity contribution in [3.63, 3.8) is 0 Å². The molecule has 0 aromatic heterocycles. The molecule has 1 aliphatic rings. The highest BCUT2D eigenvalue weighted by molar-refractivity contribution is 5.78. The first-order valence-electron chi connectivity index (χ1n) is 7.44. The third-order valence-corrected chi connectivity index (χ3v) is 3.91. The Balaban J connectivity index is 1.83. The zero-order valence-corrected chi connectivity index (χ0v) is 12.8. The molecule has 0 radical (unpaired) electrons. The van der Waals surface area contributed by atoms with Crippen LogP contribution in [0.25, 0.3) is 0 Å². The molecule has 0 unspecified atom stereocenters. The van der Waals surface area contributed by atoms with E-state index in [0.29, 0.717) is 19.6 Å². The number of β-amino-alcohol motifs (C(OH)–C–C–N with tert-alkyl or cyclic N) is 1. The van der Waals surface area contributed by atoms with E-state index in [1.54, 1.807) is 0 Å². The number of nitrogens with zero attached hydrogens (tertiary/aromatic N) is 2. The van der Waals surface area contributed by atoms with Gasteiger partial charge in [-0.2, -0.15) is 0 Å². The molecule has 0 saturated carbocycles. The molecular formula is C16H25N3O2. The zero-order chi connectivity index (χ0) is 15.2. The quantitative estimate of drug-likeness (QED) is 0.800. The number of benzene rings is 1. The van der Waals surface area contributed by atoms with Crippen molar-refractivity contribution < 1.29 is 9.90 Å². The Morgan fingerprint density at radius 3 is 2.71 bits per heavy atom. The van der Waals surface area contributed by atoms with Crippen molar-refractivity contribution in [2.45, 2.75) is 18.6 Å². The molecule has 21 heavy (non-hydrogen) atoms. The number of nitrogens with one attached hydrogen (secondary N) is 1. The summed E-state index contributed by atoms with van der Waals surface area (Å²) in [5.41, 5.74) is 1.19. The van der Waals surface area contributed by atoms with E-state index in [4.69, 9.17) is 0 Å². The molecule has 2 rings (SSSR count). The first-order chi connectivity index (χ1) is 10.1. The van der Waals surface area contributed by atoms with Crippen LogP contribution >= 0.6 is 0 Å². The van der Waals surface area contributed by atoms with E-state index in [0.717, 1.165) is 13.0 Å². The molecule has 5 heteroatoms. The highest BCUT2D eigenvalue weighted by Crippen LogP contribution is 2.16. The van der Waals surface area contributed by atoms with E-state index >= 15 is 0 Å². The summed E-state index contributed by atoms with van der Waals surface area (Å²) in [6.45, 7) is 2.35. The molecule has 0 aliphatic carbocycles. The van der Waals surface area contributed by atoms with E-state index in [-0.39, 0.29) is 18.1 Å². The van der Waals surface area contributed by atoms with Gasteiger partial charge in [0.1, 0.15) is 0 Å². The second kappa shape index (κ2) is 7.54. The molecule has 1 aromatic carbocycles. The van der Waals surface area contributed by atoms with Gasteiger partial charge >= 0.3 is 0 Å². The second-order valence-electron chi connectivity index (χ2n) is 5.87. The van der Waals surface area contributed by atoms with Gasteiger partial charge in [0.05, 0.1) is 18.7 Å². The molecule has 1 aromatic rings. The monoisotopic (exact) mass is 291 g/mol. The van der Waals surface area contributed by atoms with E-state index in [1.807, 2.05) is 37.2 Å². The maximum absolute atomic E-state index is 12.0. The minimum atomic E-state index is -0.281. The summed E-state index contributed by atoms with van der Waals surface area (Å²) in [5.74, 6) is 0.0203. The number of hydrogen-bond donors (Lipinski definition) is 2. The Labute approximate surface area is 126 Å². The van der Waals surface area contributed by atoms with Crippen molar-refractivity contribution in [1.29, 1.82) is 0 Å². The van der Waals surface area contributed by atoms with Gasteiger partial charge in [0.15, 0.2) is 0 Å². The largest absolute Gasteiger partial charge is 0.392 e. The molecular weight excluding hydrogens is 266 g/mol. The highest BCUT2D eigenvalue weighted by atomic mass is 16.3. The third-order valence-electron chi connectivity index (χ3n) is 3.91. The molecule has 5 nitrogen and oxygen atoms in total. The average Bonchev–Trinajstić information content (AvgIpc) is 2.85. The summed E-state index contributed by atoms with van der Waals surface area (Å²) in [4.78, 5) is 16.1. The molecule has 2 N–H and O–H groups in total. The van der Waals surface area contributed by atoms with Gasteiger partial charge in [-0.25, -0.2) is 0 Å². The Hall–Kier alpha value is -1.43. The van der Waals surface area contributed by atoms with Gasteiger partial charge in [-0.1, -0.05) is 30.3 Å². The standard InChI is InChI=1S/C16H25N3O2/c1-18(2)15(13-6-4-3-5-7-13)10-17-16(21)12-19-9-8-14(20)11-19/h3-7,14-15,20H,8-12H2,1-2H3,(H,17,21)/t14-,15+/m1/s1. The van der Waals surface area contributed by atoms with E-state index < -0.39 is 0 Å². The van der Waals surface area contributed by atoms with Crippen molar-refractivity contribution in [3.8, 4) is 0 Å². The SMILES string of the molecule is CN(C)[C@@H](CNC(=O)CN1CC[C@@H](O)C1)c1ccccc1.